The molecule has 0 aromatic carbocycles. The van der Waals surface area contributed by atoms with E-state index in [4.69, 9.17) is 22.1 Å². The maximum atomic E-state index is 10.9. The molecule has 0 radical (unpaired) electrons. The van der Waals surface area contributed by atoms with Crippen LogP contribution in [0.2, 0.25) is 0 Å². The van der Waals surface area contributed by atoms with Gasteiger partial charge in [0.2, 0.25) is 0 Å². The van der Waals surface area contributed by atoms with Gasteiger partial charge in [0.1, 0.15) is 0 Å². The molecule has 16 nitrogen and oxygen atoms in total. The summed E-state index contributed by atoms with van der Waals surface area (Å²) in [5, 5.41) is 13.8. The topological polar surface area (TPSA) is 275 Å². The molecule has 34 heavy (non-hydrogen) atoms. The van der Waals surface area contributed by atoms with E-state index in [1.807, 2.05) is 0 Å². The number of hydrogen-bond donors (Lipinski definition) is 0. The molecule has 0 aromatic heterocycles. The SMILES string of the molecule is [N-]=[N+]=N[C@H](CSSCCSSC[C@@H](N=[N+]=[N-])[C@@H](CS(=O)[O-])N=[N+]=[N-])[C@@H](CS(=O)[O-])N=[N+]=[N-].[Na+].[Na+]. The zero-order chi connectivity index (χ0) is 24.2. The summed E-state index contributed by atoms with van der Waals surface area (Å²) in [5.74, 6) is 0.894. The van der Waals surface area contributed by atoms with E-state index in [9.17, 15) is 17.5 Å². The van der Waals surface area contributed by atoms with Gasteiger partial charge in [0.25, 0.3) is 0 Å². The fourth-order valence-corrected chi connectivity index (χ4v) is 8.16. The number of hydrogen-bond acceptors (Lipinski definition) is 12. The molecule has 0 amide bonds. The van der Waals surface area contributed by atoms with Crippen molar-refractivity contribution in [2.75, 3.05) is 34.5 Å². The van der Waals surface area contributed by atoms with Gasteiger partial charge in [-0.15, -0.1) is 0 Å². The van der Waals surface area contributed by atoms with Crippen LogP contribution >= 0.6 is 43.2 Å². The third kappa shape index (κ3) is 21.0. The van der Waals surface area contributed by atoms with Crippen molar-refractivity contribution in [1.82, 2.24) is 0 Å². The van der Waals surface area contributed by atoms with Crippen LogP contribution in [-0.4, -0.2) is 76.2 Å². The molecule has 0 aromatic rings. The van der Waals surface area contributed by atoms with Crippen LogP contribution in [-0.2, 0) is 22.2 Å². The van der Waals surface area contributed by atoms with E-state index in [0.29, 0.717) is 11.5 Å². The minimum atomic E-state index is -2.46. The minimum Gasteiger partial charge on any atom is -0.772 e. The maximum absolute atomic E-state index is 10.9. The Morgan fingerprint density at radius 1 is 0.618 bits per heavy atom. The minimum absolute atomic E-state index is 0. The third-order valence-electron chi connectivity index (χ3n) is 3.20. The van der Waals surface area contributed by atoms with Gasteiger partial charge in [-0.25, -0.2) is 0 Å². The molecule has 178 valence electrons. The van der Waals surface area contributed by atoms with Crippen molar-refractivity contribution in [2.45, 2.75) is 24.2 Å². The second-order valence-electron chi connectivity index (χ2n) is 5.24. The van der Waals surface area contributed by atoms with Crippen LogP contribution in [0, 0.1) is 0 Å². The summed E-state index contributed by atoms with van der Waals surface area (Å²) in [4.78, 5) is 10.5. The largest absolute Gasteiger partial charge is 1.00 e. The van der Waals surface area contributed by atoms with E-state index >= 15 is 0 Å². The average Bonchev–Trinajstić information content (AvgIpc) is 2.72. The summed E-state index contributed by atoms with van der Waals surface area (Å²) < 4.78 is 43.5. The van der Waals surface area contributed by atoms with E-state index in [0.717, 1.165) is 0 Å². The molecule has 0 saturated heterocycles. The van der Waals surface area contributed by atoms with Crippen LogP contribution in [0.15, 0.2) is 20.5 Å². The molecule has 0 heterocycles. The molecule has 0 spiro atoms. The Morgan fingerprint density at radius 3 is 1.18 bits per heavy atom. The van der Waals surface area contributed by atoms with Gasteiger partial charge in [0.15, 0.2) is 0 Å². The Balaban J connectivity index is -0.00000480. The standard InChI is InChI=1S/C10H18N12O4S6.2Na/c11-19-15-7(9(17-21-13)5-31(23)24)3-29-27-1-2-28-30-4-8(16-20-12)10(18-22-14)6-32(25)26;;/h7-10H,1-6H2,(H,23,24)(H,25,26);;/q;2*+1/p-2/t7-,8-,9-,10-;;/m1../s1. The van der Waals surface area contributed by atoms with Gasteiger partial charge in [0.05, 0.1) is 24.2 Å². The Labute approximate surface area is 259 Å². The molecule has 0 aliphatic rings. The predicted molar refractivity (Wildman–Crippen MR) is 129 cm³/mol. The van der Waals surface area contributed by atoms with Crippen molar-refractivity contribution < 1.29 is 76.6 Å². The van der Waals surface area contributed by atoms with Crippen LogP contribution in [0.4, 0.5) is 0 Å². The van der Waals surface area contributed by atoms with Gasteiger partial charge in [-0.1, -0.05) is 85.8 Å². The van der Waals surface area contributed by atoms with Crippen molar-refractivity contribution in [3.8, 4) is 0 Å². The molecule has 0 rings (SSSR count). The Bertz CT molecular complexity index is 755. The monoisotopic (exact) mass is 606 g/mol. The Kier molecular flexibility index (Phi) is 31.2. The second-order valence-corrected chi connectivity index (χ2v) is 12.4. The van der Waals surface area contributed by atoms with Crippen molar-refractivity contribution >= 4 is 65.3 Å². The second kappa shape index (κ2) is 26.9. The van der Waals surface area contributed by atoms with Gasteiger partial charge < -0.3 is 9.11 Å². The van der Waals surface area contributed by atoms with Gasteiger partial charge >= 0.3 is 59.1 Å². The van der Waals surface area contributed by atoms with Crippen LogP contribution in [0.1, 0.15) is 0 Å². The van der Waals surface area contributed by atoms with Crippen LogP contribution in [0.3, 0.4) is 0 Å². The van der Waals surface area contributed by atoms with Crippen molar-refractivity contribution in [1.29, 1.82) is 0 Å². The summed E-state index contributed by atoms with van der Waals surface area (Å²) >= 11 is -4.92. The van der Waals surface area contributed by atoms with Gasteiger partial charge in [-0.05, 0) is 22.1 Å². The first-order chi connectivity index (χ1) is 15.4. The smallest absolute Gasteiger partial charge is 0.772 e. The van der Waals surface area contributed by atoms with E-state index in [1.54, 1.807) is 0 Å². The quantitative estimate of drug-likeness (QED) is 0.0308. The van der Waals surface area contributed by atoms with Gasteiger partial charge in [0, 0.05) is 54.2 Å². The van der Waals surface area contributed by atoms with Crippen LogP contribution in [0.5, 0.6) is 0 Å². The van der Waals surface area contributed by atoms with E-state index in [-0.39, 0.29) is 70.6 Å². The van der Waals surface area contributed by atoms with E-state index in [1.165, 1.54) is 43.2 Å². The average molecular weight is 607 g/mol. The van der Waals surface area contributed by atoms with Crippen molar-refractivity contribution in [2.24, 2.45) is 20.5 Å². The number of nitrogens with zero attached hydrogens (tertiary/aromatic N) is 12. The van der Waals surface area contributed by atoms with E-state index in [2.05, 4.69) is 40.1 Å². The molecule has 0 fully saturated rings. The molecule has 2 unspecified atom stereocenters. The zero-order valence-corrected chi connectivity index (χ0v) is 26.9. The van der Waals surface area contributed by atoms with Gasteiger partial charge in [-0.3, -0.25) is 8.42 Å². The van der Waals surface area contributed by atoms with Crippen LogP contribution < -0.4 is 59.1 Å². The summed E-state index contributed by atoms with van der Waals surface area (Å²) in [6.07, 6.45) is 0. The molecule has 24 heteroatoms. The molecular weight excluding hydrogens is 591 g/mol. The fourth-order valence-electron chi connectivity index (χ4n) is 1.85. The van der Waals surface area contributed by atoms with E-state index < -0.39 is 57.8 Å². The molecule has 0 bridgehead atoms. The molecule has 0 N–H and O–H groups in total. The molecule has 0 saturated carbocycles. The van der Waals surface area contributed by atoms with Crippen LogP contribution in [0.25, 0.3) is 41.8 Å². The molecule has 0 aliphatic carbocycles. The predicted octanol–water partition coefficient (Wildman–Crippen LogP) is -1.77. The molecular formula is C10H16N12Na2O4S6. The molecule has 0 aliphatic heterocycles. The third-order valence-corrected chi connectivity index (χ3v) is 9.53. The summed E-state index contributed by atoms with van der Waals surface area (Å²) in [6.45, 7) is 0. The fraction of sp³-hybridized carbons (Fsp3) is 1.00. The number of rotatable bonds is 19. The first-order valence-corrected chi connectivity index (χ1v) is 15.6. The summed E-state index contributed by atoms with van der Waals surface area (Å²) in [6, 6.07) is -3.64. The normalized spacial score (nSPS) is 15.0. The molecule has 6 atom stereocenters. The van der Waals surface area contributed by atoms with Crippen molar-refractivity contribution in [3.63, 3.8) is 0 Å². The number of azide groups is 4. The first kappa shape index (κ1) is 39.4. The van der Waals surface area contributed by atoms with Crippen molar-refractivity contribution in [3.05, 3.63) is 41.8 Å². The first-order valence-electron chi connectivity index (χ1n) is 8.16. The zero-order valence-electron chi connectivity index (χ0n) is 18.0. The maximum Gasteiger partial charge on any atom is 1.00 e. The van der Waals surface area contributed by atoms with Gasteiger partial charge in [-0.2, -0.15) is 0 Å². The summed E-state index contributed by atoms with van der Waals surface area (Å²) in [7, 11) is 5.52. The Hall–Kier alpha value is 0.860. The Morgan fingerprint density at radius 2 is 0.912 bits per heavy atom. The summed E-state index contributed by atoms with van der Waals surface area (Å²) in [5.41, 5.74) is 34.4.